The van der Waals surface area contributed by atoms with Crippen LogP contribution in [0.4, 0.5) is 0 Å². The maximum atomic E-state index is 11.7. The summed E-state index contributed by atoms with van der Waals surface area (Å²) in [6.07, 6.45) is 3.12. The van der Waals surface area contributed by atoms with Crippen LogP contribution >= 0.6 is 0 Å². The molecule has 0 saturated carbocycles. The highest BCUT2D eigenvalue weighted by atomic mass is 16.5. The van der Waals surface area contributed by atoms with Gasteiger partial charge in [-0.15, -0.1) is 0 Å². The molecule has 2 rings (SSSR count). The molecule has 0 bridgehead atoms. The Kier molecular flexibility index (Phi) is 11.1. The lowest BCUT2D eigenvalue weighted by Gasteiger charge is -2.29. The van der Waals surface area contributed by atoms with Gasteiger partial charge in [-0.1, -0.05) is 67.5 Å². The zero-order valence-electron chi connectivity index (χ0n) is 23.4. The fourth-order valence-corrected chi connectivity index (χ4v) is 3.87. The first-order chi connectivity index (χ1) is 16.1. The topological polar surface area (TPSA) is 76.0 Å². The molecule has 35 heavy (non-hydrogen) atoms. The molecule has 0 saturated heterocycles. The molecule has 0 amide bonds. The molecule has 0 spiro atoms. The molecule has 0 aromatic heterocycles. The van der Waals surface area contributed by atoms with Gasteiger partial charge in [0.25, 0.3) is 0 Å². The Morgan fingerprint density at radius 2 is 1.51 bits per heavy atom. The lowest BCUT2D eigenvalue weighted by molar-refractivity contribution is 0.0597. The summed E-state index contributed by atoms with van der Waals surface area (Å²) in [5.41, 5.74) is 3.01. The van der Waals surface area contributed by atoms with Gasteiger partial charge < -0.3 is 19.7 Å². The number of phenols is 2. The van der Waals surface area contributed by atoms with Crippen molar-refractivity contribution in [3.63, 3.8) is 0 Å². The smallest absolute Gasteiger partial charge is 0.341 e. The van der Waals surface area contributed by atoms with E-state index < -0.39 is 5.97 Å². The van der Waals surface area contributed by atoms with E-state index in [2.05, 4.69) is 55.4 Å². The SMILES string of the molecule is COC(=O)c1cc(C(CC(C)(C)C)C(C)C)ccc1O.COc1ccc(CCC(C)(C)C)cc1O. The van der Waals surface area contributed by atoms with Crippen LogP contribution in [0.2, 0.25) is 0 Å². The number of phenolic OH excluding ortho intramolecular Hbond substituents is 2. The van der Waals surface area contributed by atoms with Crippen LogP contribution in [0.3, 0.4) is 0 Å². The first kappa shape index (κ1) is 30.3. The Labute approximate surface area is 212 Å². The third-order valence-corrected chi connectivity index (χ3v) is 5.90. The van der Waals surface area contributed by atoms with Crippen molar-refractivity contribution in [2.45, 2.75) is 80.6 Å². The van der Waals surface area contributed by atoms with Crippen molar-refractivity contribution in [1.29, 1.82) is 0 Å². The summed E-state index contributed by atoms with van der Waals surface area (Å²) in [6, 6.07) is 10.8. The highest BCUT2D eigenvalue weighted by molar-refractivity contribution is 5.92. The monoisotopic (exact) mass is 486 g/mol. The Balaban J connectivity index is 0.000000365. The number of esters is 1. The van der Waals surface area contributed by atoms with E-state index in [1.54, 1.807) is 25.3 Å². The van der Waals surface area contributed by atoms with Crippen molar-refractivity contribution in [3.05, 3.63) is 53.1 Å². The van der Waals surface area contributed by atoms with E-state index in [1.807, 2.05) is 18.2 Å². The van der Waals surface area contributed by atoms with E-state index in [0.29, 0.717) is 23.0 Å². The van der Waals surface area contributed by atoms with E-state index in [-0.39, 0.29) is 22.5 Å². The van der Waals surface area contributed by atoms with Gasteiger partial charge in [0.05, 0.1) is 14.2 Å². The van der Waals surface area contributed by atoms with Crippen LogP contribution in [0.5, 0.6) is 17.2 Å². The summed E-state index contributed by atoms with van der Waals surface area (Å²) in [5.74, 6) is 1.04. The summed E-state index contributed by atoms with van der Waals surface area (Å²) in [5, 5.41) is 19.4. The Bertz CT molecular complexity index is 948. The fourth-order valence-electron chi connectivity index (χ4n) is 3.87. The number of hydrogen-bond acceptors (Lipinski definition) is 5. The zero-order chi connectivity index (χ0) is 27.0. The summed E-state index contributed by atoms with van der Waals surface area (Å²) in [4.78, 5) is 11.7. The first-order valence-corrected chi connectivity index (χ1v) is 12.3. The Morgan fingerprint density at radius 3 is 1.97 bits per heavy atom. The predicted octanol–water partition coefficient (Wildman–Crippen LogP) is 7.73. The van der Waals surface area contributed by atoms with Gasteiger partial charge in [0, 0.05) is 0 Å². The average molecular weight is 487 g/mol. The Morgan fingerprint density at radius 1 is 0.886 bits per heavy atom. The molecule has 0 aliphatic heterocycles. The van der Waals surface area contributed by atoms with Gasteiger partial charge >= 0.3 is 5.97 Å². The largest absolute Gasteiger partial charge is 0.507 e. The van der Waals surface area contributed by atoms with E-state index in [4.69, 9.17) is 9.47 Å². The molecule has 1 atom stereocenters. The van der Waals surface area contributed by atoms with Gasteiger partial charge in [-0.05, 0) is 77.3 Å². The molecule has 0 aliphatic rings. The van der Waals surface area contributed by atoms with E-state index in [9.17, 15) is 15.0 Å². The third-order valence-electron chi connectivity index (χ3n) is 5.90. The quantitative estimate of drug-likeness (QED) is 0.392. The number of carbonyl (C=O) groups is 1. The van der Waals surface area contributed by atoms with E-state index >= 15 is 0 Å². The number of methoxy groups -OCH3 is 2. The van der Waals surface area contributed by atoms with Crippen LogP contribution in [0.1, 0.15) is 95.6 Å². The number of carbonyl (C=O) groups excluding carboxylic acids is 1. The van der Waals surface area contributed by atoms with Gasteiger partial charge in [0.2, 0.25) is 0 Å². The summed E-state index contributed by atoms with van der Waals surface area (Å²) in [7, 11) is 2.88. The van der Waals surface area contributed by atoms with Crippen molar-refractivity contribution in [2.75, 3.05) is 14.2 Å². The first-order valence-electron chi connectivity index (χ1n) is 12.3. The minimum Gasteiger partial charge on any atom is -0.507 e. The summed E-state index contributed by atoms with van der Waals surface area (Å²) >= 11 is 0. The summed E-state index contributed by atoms with van der Waals surface area (Å²) < 4.78 is 9.71. The molecule has 0 fully saturated rings. The highest BCUT2D eigenvalue weighted by Crippen LogP contribution is 2.37. The molecule has 196 valence electrons. The molecule has 0 aliphatic carbocycles. The predicted molar refractivity (Wildman–Crippen MR) is 144 cm³/mol. The number of aromatic hydroxyl groups is 2. The van der Waals surface area contributed by atoms with E-state index in [1.165, 1.54) is 7.11 Å². The second-order valence-corrected chi connectivity index (χ2v) is 12.0. The molecular weight excluding hydrogens is 440 g/mol. The van der Waals surface area contributed by atoms with Gasteiger partial charge in [0.15, 0.2) is 11.5 Å². The molecule has 2 aromatic carbocycles. The minimum absolute atomic E-state index is 0.0288. The standard InChI is InChI=1S/C17H26O3.C13H20O2/c1-11(2)14(10-17(3,4)5)12-7-8-15(18)13(9-12)16(19)20-6;1-13(2,3)8-7-10-5-6-12(15-4)11(14)9-10/h7-9,11,14,18H,10H2,1-6H3;5-6,9,14H,7-8H2,1-4H3. The van der Waals surface area contributed by atoms with Crippen LogP contribution in [0.15, 0.2) is 36.4 Å². The normalized spacial score (nSPS) is 12.5. The second-order valence-electron chi connectivity index (χ2n) is 12.0. The highest BCUT2D eigenvalue weighted by Gasteiger charge is 2.24. The Hall–Kier alpha value is -2.69. The molecule has 1 unspecified atom stereocenters. The fraction of sp³-hybridized carbons (Fsp3) is 0.567. The van der Waals surface area contributed by atoms with Gasteiger partial charge in [-0.2, -0.15) is 0 Å². The van der Waals surface area contributed by atoms with Gasteiger partial charge in [-0.3, -0.25) is 0 Å². The minimum atomic E-state index is -0.498. The van der Waals surface area contributed by atoms with Crippen molar-refractivity contribution in [1.82, 2.24) is 0 Å². The number of ether oxygens (including phenoxy) is 2. The molecule has 5 heteroatoms. The van der Waals surface area contributed by atoms with Gasteiger partial charge in [0.1, 0.15) is 11.3 Å². The lowest BCUT2D eigenvalue weighted by atomic mass is 9.76. The molecule has 2 N–H and O–H groups in total. The van der Waals surface area contributed by atoms with Crippen LogP contribution < -0.4 is 4.74 Å². The van der Waals surface area contributed by atoms with Crippen LogP contribution in [0, 0.1) is 16.7 Å². The molecular formula is C30H46O5. The van der Waals surface area contributed by atoms with Gasteiger partial charge in [-0.25, -0.2) is 4.79 Å². The molecule has 2 aromatic rings. The molecule has 5 nitrogen and oxygen atoms in total. The van der Waals surface area contributed by atoms with E-state index in [0.717, 1.165) is 30.4 Å². The number of hydrogen-bond donors (Lipinski definition) is 2. The average Bonchev–Trinajstić information content (AvgIpc) is 2.75. The second kappa shape index (κ2) is 12.9. The number of aryl methyl sites for hydroxylation is 1. The maximum Gasteiger partial charge on any atom is 0.341 e. The maximum absolute atomic E-state index is 11.7. The zero-order valence-corrected chi connectivity index (χ0v) is 23.4. The van der Waals surface area contributed by atoms with Crippen molar-refractivity contribution in [2.24, 2.45) is 16.7 Å². The van der Waals surface area contributed by atoms with Crippen LogP contribution in [0.25, 0.3) is 0 Å². The molecule has 0 heterocycles. The molecule has 0 radical (unpaired) electrons. The van der Waals surface area contributed by atoms with Crippen molar-refractivity contribution in [3.8, 4) is 17.2 Å². The third kappa shape index (κ3) is 10.6. The lowest BCUT2D eigenvalue weighted by Crippen LogP contribution is -2.17. The van der Waals surface area contributed by atoms with Crippen molar-refractivity contribution < 1.29 is 24.5 Å². The summed E-state index contributed by atoms with van der Waals surface area (Å²) in [6.45, 7) is 17.7. The van der Waals surface area contributed by atoms with Crippen LogP contribution in [-0.2, 0) is 11.2 Å². The number of benzene rings is 2. The van der Waals surface area contributed by atoms with Crippen LogP contribution in [-0.4, -0.2) is 30.4 Å². The number of rotatable bonds is 7. The van der Waals surface area contributed by atoms with Crippen molar-refractivity contribution >= 4 is 5.97 Å².